The zero-order valence-electron chi connectivity index (χ0n) is 10.9. The van der Waals surface area contributed by atoms with Gasteiger partial charge in [0, 0.05) is 6.61 Å². The number of rotatable bonds is 7. The Hall–Kier alpha value is -1.33. The highest BCUT2D eigenvalue weighted by Crippen LogP contribution is 2.25. The summed E-state index contributed by atoms with van der Waals surface area (Å²) in [4.78, 5) is 11.4. The maximum absolute atomic E-state index is 11.4. The van der Waals surface area contributed by atoms with Gasteiger partial charge in [-0.3, -0.25) is 0 Å². The Bertz CT molecular complexity index is 351. The van der Waals surface area contributed by atoms with E-state index in [1.54, 1.807) is 12.2 Å². The molecule has 102 valence electrons. The molecule has 1 rings (SSSR count). The minimum Gasteiger partial charge on any atom is -0.494 e. The van der Waals surface area contributed by atoms with Crippen LogP contribution in [0.25, 0.3) is 0 Å². The first-order chi connectivity index (χ1) is 8.56. The van der Waals surface area contributed by atoms with Crippen LogP contribution in [0.3, 0.4) is 0 Å². The highest BCUT2D eigenvalue weighted by Gasteiger charge is 2.44. The van der Waals surface area contributed by atoms with Crippen molar-refractivity contribution in [2.45, 2.75) is 38.3 Å². The lowest BCUT2D eigenvalue weighted by atomic mass is 9.89. The van der Waals surface area contributed by atoms with Crippen molar-refractivity contribution >= 4 is 5.97 Å². The molecule has 0 aliphatic heterocycles. The Morgan fingerprint density at radius 2 is 2.11 bits per heavy atom. The van der Waals surface area contributed by atoms with Gasteiger partial charge >= 0.3 is 5.97 Å². The molecule has 3 N–H and O–H groups in total. The minimum absolute atomic E-state index is 0.351. The van der Waals surface area contributed by atoms with Gasteiger partial charge in [-0.1, -0.05) is 13.8 Å². The Morgan fingerprint density at radius 3 is 2.61 bits per heavy atom. The molecule has 1 aliphatic carbocycles. The van der Waals surface area contributed by atoms with Gasteiger partial charge in [0.1, 0.15) is 5.76 Å². The van der Waals surface area contributed by atoms with Crippen molar-refractivity contribution in [2.24, 2.45) is 5.73 Å². The molecule has 0 radical (unpaired) electrons. The van der Waals surface area contributed by atoms with Crippen LogP contribution in [0.15, 0.2) is 24.0 Å². The fourth-order valence-corrected chi connectivity index (χ4v) is 1.68. The molecular formula is C13H21NO4. The molecule has 0 saturated carbocycles. The van der Waals surface area contributed by atoms with Crippen molar-refractivity contribution in [3.05, 3.63) is 24.0 Å². The van der Waals surface area contributed by atoms with Crippen molar-refractivity contribution in [2.75, 3.05) is 13.2 Å². The molecule has 0 saturated heterocycles. The largest absolute Gasteiger partial charge is 0.494 e. The van der Waals surface area contributed by atoms with Crippen LogP contribution in [-0.4, -0.2) is 35.9 Å². The third kappa shape index (κ3) is 3.11. The zero-order chi connectivity index (χ0) is 13.6. The molecule has 2 atom stereocenters. The van der Waals surface area contributed by atoms with Crippen LogP contribution in [-0.2, 0) is 14.3 Å². The van der Waals surface area contributed by atoms with Crippen molar-refractivity contribution < 1.29 is 19.4 Å². The average molecular weight is 255 g/mol. The van der Waals surface area contributed by atoms with E-state index in [1.807, 2.05) is 13.8 Å². The third-order valence-electron chi connectivity index (χ3n) is 2.69. The van der Waals surface area contributed by atoms with Crippen LogP contribution >= 0.6 is 0 Å². The monoisotopic (exact) mass is 255 g/mol. The molecule has 0 aromatic heterocycles. The Morgan fingerprint density at radius 1 is 1.44 bits per heavy atom. The van der Waals surface area contributed by atoms with Gasteiger partial charge in [-0.25, -0.2) is 4.79 Å². The number of carboxylic acid groups (broad SMARTS) is 1. The van der Waals surface area contributed by atoms with Crippen molar-refractivity contribution in [3.8, 4) is 0 Å². The van der Waals surface area contributed by atoms with E-state index < -0.39 is 17.6 Å². The summed E-state index contributed by atoms with van der Waals surface area (Å²) >= 11 is 0. The fourth-order valence-electron chi connectivity index (χ4n) is 1.68. The topological polar surface area (TPSA) is 81.8 Å². The number of nitrogens with two attached hydrogens (primary N) is 1. The normalized spacial score (nSPS) is 26.8. The molecule has 2 unspecified atom stereocenters. The molecule has 1 aliphatic rings. The smallest absolute Gasteiger partial charge is 0.342 e. The molecular weight excluding hydrogens is 234 g/mol. The number of carboxylic acids is 1. The van der Waals surface area contributed by atoms with Gasteiger partial charge in [0.25, 0.3) is 0 Å². The van der Waals surface area contributed by atoms with E-state index in [0.717, 1.165) is 12.8 Å². The van der Waals surface area contributed by atoms with E-state index in [1.165, 1.54) is 6.08 Å². The summed E-state index contributed by atoms with van der Waals surface area (Å²) in [5, 5.41) is 9.32. The van der Waals surface area contributed by atoms with Crippen LogP contribution in [0.5, 0.6) is 0 Å². The minimum atomic E-state index is -1.48. The number of allylic oxidation sites excluding steroid dienone is 1. The lowest BCUT2D eigenvalue weighted by molar-refractivity contribution is -0.160. The Balaban J connectivity index is 2.82. The van der Waals surface area contributed by atoms with Crippen LogP contribution in [0.1, 0.15) is 26.7 Å². The van der Waals surface area contributed by atoms with Gasteiger partial charge in [0.2, 0.25) is 5.60 Å². The summed E-state index contributed by atoms with van der Waals surface area (Å²) in [5.41, 5.74) is 4.43. The Kier molecular flexibility index (Phi) is 5.37. The summed E-state index contributed by atoms with van der Waals surface area (Å²) in [6, 6.07) is -0.751. The molecule has 0 heterocycles. The number of carbonyl (C=O) groups is 1. The third-order valence-corrected chi connectivity index (χ3v) is 2.69. The van der Waals surface area contributed by atoms with E-state index in [2.05, 4.69) is 0 Å². The van der Waals surface area contributed by atoms with Gasteiger partial charge in [-0.05, 0) is 31.1 Å². The van der Waals surface area contributed by atoms with E-state index in [0.29, 0.717) is 19.0 Å². The first kappa shape index (κ1) is 14.7. The molecule has 0 aromatic rings. The van der Waals surface area contributed by atoms with E-state index in [-0.39, 0.29) is 0 Å². The number of hydrogen-bond donors (Lipinski definition) is 2. The van der Waals surface area contributed by atoms with E-state index in [4.69, 9.17) is 15.2 Å². The maximum Gasteiger partial charge on any atom is 0.342 e. The van der Waals surface area contributed by atoms with Crippen LogP contribution in [0, 0.1) is 0 Å². The summed E-state index contributed by atoms with van der Waals surface area (Å²) in [6.07, 6.45) is 6.30. The number of ether oxygens (including phenoxy) is 2. The predicted octanol–water partition coefficient (Wildman–Crippen LogP) is 1.44. The second kappa shape index (κ2) is 6.56. The Labute approximate surface area is 107 Å². The van der Waals surface area contributed by atoms with Crippen molar-refractivity contribution in [1.82, 2.24) is 0 Å². The molecule has 0 spiro atoms. The second-order valence-corrected chi connectivity index (χ2v) is 4.22. The summed E-state index contributed by atoms with van der Waals surface area (Å²) in [7, 11) is 0. The van der Waals surface area contributed by atoms with Gasteiger partial charge < -0.3 is 20.3 Å². The quantitative estimate of drug-likeness (QED) is 0.719. The first-order valence-corrected chi connectivity index (χ1v) is 6.23. The summed E-state index contributed by atoms with van der Waals surface area (Å²) < 4.78 is 10.9. The lowest BCUT2D eigenvalue weighted by Gasteiger charge is -2.33. The molecule has 0 bridgehead atoms. The lowest BCUT2D eigenvalue weighted by Crippen LogP contribution is -2.55. The van der Waals surface area contributed by atoms with Crippen LogP contribution < -0.4 is 5.73 Å². The molecule has 5 nitrogen and oxygen atoms in total. The number of hydrogen-bond acceptors (Lipinski definition) is 4. The molecule has 18 heavy (non-hydrogen) atoms. The SMILES string of the molecule is CCCOC1=CC(N)C(OCCC)(C(=O)O)C=C1. The standard InChI is InChI=1S/C13H21NO4/c1-3-7-17-10-5-6-13(12(15)16,11(14)9-10)18-8-4-2/h5-6,9,11H,3-4,7-8,14H2,1-2H3,(H,15,16). The molecule has 0 aromatic carbocycles. The first-order valence-electron chi connectivity index (χ1n) is 6.23. The van der Waals surface area contributed by atoms with Gasteiger partial charge in [-0.15, -0.1) is 0 Å². The molecule has 0 amide bonds. The zero-order valence-corrected chi connectivity index (χ0v) is 10.9. The fraction of sp³-hybridized carbons (Fsp3) is 0.615. The van der Waals surface area contributed by atoms with Crippen LogP contribution in [0.4, 0.5) is 0 Å². The van der Waals surface area contributed by atoms with E-state index in [9.17, 15) is 9.90 Å². The van der Waals surface area contributed by atoms with Crippen LogP contribution in [0.2, 0.25) is 0 Å². The van der Waals surface area contributed by atoms with Crippen molar-refractivity contribution in [1.29, 1.82) is 0 Å². The van der Waals surface area contributed by atoms with Gasteiger partial charge in [0.15, 0.2) is 0 Å². The summed E-state index contributed by atoms with van der Waals surface area (Å²) in [5.74, 6) is -0.480. The molecule has 0 fully saturated rings. The number of aliphatic carboxylic acids is 1. The van der Waals surface area contributed by atoms with Gasteiger partial charge in [-0.2, -0.15) is 0 Å². The second-order valence-electron chi connectivity index (χ2n) is 4.22. The maximum atomic E-state index is 11.4. The van der Waals surface area contributed by atoms with Crippen molar-refractivity contribution in [3.63, 3.8) is 0 Å². The van der Waals surface area contributed by atoms with Gasteiger partial charge in [0.05, 0.1) is 12.6 Å². The predicted molar refractivity (Wildman–Crippen MR) is 68.1 cm³/mol. The summed E-state index contributed by atoms with van der Waals surface area (Å²) in [6.45, 7) is 4.85. The molecule has 5 heteroatoms. The highest BCUT2D eigenvalue weighted by atomic mass is 16.5. The average Bonchev–Trinajstić information content (AvgIpc) is 2.35. The van der Waals surface area contributed by atoms with E-state index >= 15 is 0 Å². The highest BCUT2D eigenvalue weighted by molar-refractivity contribution is 5.82.